The quantitative estimate of drug-likeness (QED) is 0.533. The standard InChI is InChI=1S/C24H23N/c1-16(2)21-14-15-22(23(17(3)4)24(21)25)20-12-10-19(11-13-20)18-8-6-5-7-9-18/h5-15H,1,3,25H2,2,4H3. The third-order valence-corrected chi connectivity index (χ3v) is 4.44. The number of hydrogen-bond donors (Lipinski definition) is 1. The van der Waals surface area contributed by atoms with Crippen molar-refractivity contribution in [2.75, 3.05) is 5.73 Å². The van der Waals surface area contributed by atoms with Gasteiger partial charge in [0.05, 0.1) is 0 Å². The van der Waals surface area contributed by atoms with Crippen LogP contribution in [0.1, 0.15) is 25.0 Å². The topological polar surface area (TPSA) is 26.0 Å². The lowest BCUT2D eigenvalue weighted by Crippen LogP contribution is -2.00. The molecular weight excluding hydrogens is 302 g/mol. The molecule has 0 unspecified atom stereocenters. The Morgan fingerprint density at radius 2 is 1.24 bits per heavy atom. The van der Waals surface area contributed by atoms with Gasteiger partial charge in [0.25, 0.3) is 0 Å². The molecule has 0 fully saturated rings. The summed E-state index contributed by atoms with van der Waals surface area (Å²) in [5, 5.41) is 0. The van der Waals surface area contributed by atoms with Crippen LogP contribution in [0.25, 0.3) is 33.4 Å². The molecule has 0 bridgehead atoms. The summed E-state index contributed by atoms with van der Waals surface area (Å²) in [6.07, 6.45) is 0. The summed E-state index contributed by atoms with van der Waals surface area (Å²) in [6.45, 7) is 12.1. The molecule has 0 aliphatic carbocycles. The van der Waals surface area contributed by atoms with Crippen LogP contribution in [0.4, 0.5) is 5.69 Å². The van der Waals surface area contributed by atoms with Crippen molar-refractivity contribution >= 4 is 16.8 Å². The van der Waals surface area contributed by atoms with Gasteiger partial charge < -0.3 is 5.73 Å². The molecule has 3 rings (SSSR count). The zero-order chi connectivity index (χ0) is 18.0. The van der Waals surface area contributed by atoms with E-state index in [1.165, 1.54) is 11.1 Å². The third kappa shape index (κ3) is 3.27. The van der Waals surface area contributed by atoms with Crippen LogP contribution in [0.2, 0.25) is 0 Å². The molecule has 0 saturated carbocycles. The van der Waals surface area contributed by atoms with Crippen LogP contribution in [-0.4, -0.2) is 0 Å². The van der Waals surface area contributed by atoms with Gasteiger partial charge in [-0.1, -0.05) is 79.9 Å². The van der Waals surface area contributed by atoms with Crippen molar-refractivity contribution in [3.63, 3.8) is 0 Å². The van der Waals surface area contributed by atoms with E-state index in [0.29, 0.717) is 0 Å². The first kappa shape index (κ1) is 16.8. The lowest BCUT2D eigenvalue weighted by atomic mass is 9.89. The van der Waals surface area contributed by atoms with Gasteiger partial charge in [-0.15, -0.1) is 0 Å². The first-order valence-corrected chi connectivity index (χ1v) is 8.39. The van der Waals surface area contributed by atoms with Gasteiger partial charge in [-0.05, 0) is 47.2 Å². The predicted molar refractivity (Wildman–Crippen MR) is 111 cm³/mol. The van der Waals surface area contributed by atoms with Crippen LogP contribution in [0.5, 0.6) is 0 Å². The van der Waals surface area contributed by atoms with Crippen LogP contribution in [-0.2, 0) is 0 Å². The van der Waals surface area contributed by atoms with Gasteiger partial charge >= 0.3 is 0 Å². The van der Waals surface area contributed by atoms with Crippen LogP contribution < -0.4 is 5.73 Å². The molecule has 0 heterocycles. The number of anilines is 1. The van der Waals surface area contributed by atoms with E-state index in [1.54, 1.807) is 0 Å². The van der Waals surface area contributed by atoms with Gasteiger partial charge in [-0.3, -0.25) is 0 Å². The zero-order valence-corrected chi connectivity index (χ0v) is 14.8. The Balaban J connectivity index is 2.09. The molecule has 0 amide bonds. The van der Waals surface area contributed by atoms with Crippen molar-refractivity contribution in [3.8, 4) is 22.3 Å². The first-order chi connectivity index (χ1) is 12.0. The SMILES string of the molecule is C=C(C)c1ccc(-c2ccc(-c3ccccc3)cc2)c(C(=C)C)c1N. The molecule has 124 valence electrons. The number of rotatable bonds is 4. The Morgan fingerprint density at radius 1 is 0.680 bits per heavy atom. The first-order valence-electron chi connectivity index (χ1n) is 8.39. The molecule has 0 aliphatic rings. The molecule has 1 heteroatoms. The van der Waals surface area contributed by atoms with Gasteiger partial charge in [-0.25, -0.2) is 0 Å². The monoisotopic (exact) mass is 325 g/mol. The smallest absolute Gasteiger partial charge is 0.0472 e. The van der Waals surface area contributed by atoms with Gasteiger partial charge in [0.2, 0.25) is 0 Å². The van der Waals surface area contributed by atoms with Crippen LogP contribution in [0.3, 0.4) is 0 Å². The fraction of sp³-hybridized carbons (Fsp3) is 0.0833. The second-order valence-electron chi connectivity index (χ2n) is 6.45. The van der Waals surface area contributed by atoms with E-state index in [1.807, 2.05) is 26.0 Å². The maximum atomic E-state index is 6.42. The van der Waals surface area contributed by atoms with Gasteiger partial charge in [0.1, 0.15) is 0 Å². The number of nitrogen functional groups attached to an aromatic ring is 1. The van der Waals surface area contributed by atoms with E-state index in [-0.39, 0.29) is 0 Å². The second-order valence-corrected chi connectivity index (χ2v) is 6.45. The molecule has 0 aliphatic heterocycles. The minimum atomic E-state index is 0.754. The van der Waals surface area contributed by atoms with E-state index in [9.17, 15) is 0 Å². The number of allylic oxidation sites excluding steroid dienone is 2. The maximum absolute atomic E-state index is 6.42. The van der Waals surface area contributed by atoms with Crippen molar-refractivity contribution in [2.24, 2.45) is 0 Å². The molecule has 3 aromatic carbocycles. The van der Waals surface area contributed by atoms with Crippen molar-refractivity contribution in [1.29, 1.82) is 0 Å². The fourth-order valence-electron chi connectivity index (χ4n) is 3.16. The third-order valence-electron chi connectivity index (χ3n) is 4.44. The largest absolute Gasteiger partial charge is 0.398 e. The van der Waals surface area contributed by atoms with Crippen molar-refractivity contribution in [2.45, 2.75) is 13.8 Å². The minimum Gasteiger partial charge on any atom is -0.398 e. The predicted octanol–water partition coefficient (Wildman–Crippen LogP) is 6.67. The normalized spacial score (nSPS) is 10.5. The Kier molecular flexibility index (Phi) is 4.58. The van der Waals surface area contributed by atoms with Crippen molar-refractivity contribution in [3.05, 3.63) is 91.0 Å². The average Bonchev–Trinajstić information content (AvgIpc) is 2.61. The molecule has 3 aromatic rings. The lowest BCUT2D eigenvalue weighted by molar-refractivity contribution is 1.50. The molecule has 1 nitrogen and oxygen atoms in total. The van der Waals surface area contributed by atoms with Gasteiger partial charge in [-0.2, -0.15) is 0 Å². The molecule has 25 heavy (non-hydrogen) atoms. The van der Waals surface area contributed by atoms with E-state index in [2.05, 4.69) is 67.8 Å². The van der Waals surface area contributed by atoms with Crippen LogP contribution >= 0.6 is 0 Å². The summed E-state index contributed by atoms with van der Waals surface area (Å²) in [5.41, 5.74) is 15.8. The summed E-state index contributed by atoms with van der Waals surface area (Å²) in [7, 11) is 0. The minimum absolute atomic E-state index is 0.754. The Morgan fingerprint density at radius 3 is 1.80 bits per heavy atom. The van der Waals surface area contributed by atoms with E-state index in [4.69, 9.17) is 5.73 Å². The Bertz CT molecular complexity index is 932. The maximum Gasteiger partial charge on any atom is 0.0472 e. The fourth-order valence-corrected chi connectivity index (χ4v) is 3.16. The molecule has 0 spiro atoms. The van der Waals surface area contributed by atoms with E-state index >= 15 is 0 Å². The van der Waals surface area contributed by atoms with Crippen LogP contribution in [0, 0.1) is 0 Å². The van der Waals surface area contributed by atoms with Gasteiger partial charge in [0, 0.05) is 16.8 Å². The molecule has 0 atom stereocenters. The van der Waals surface area contributed by atoms with Crippen molar-refractivity contribution in [1.82, 2.24) is 0 Å². The summed E-state index contributed by atoms with van der Waals surface area (Å²) in [5.74, 6) is 0. The molecular formula is C24H23N. The van der Waals surface area contributed by atoms with Crippen molar-refractivity contribution < 1.29 is 0 Å². The number of hydrogen-bond acceptors (Lipinski definition) is 1. The number of nitrogens with two attached hydrogens (primary N) is 1. The highest BCUT2D eigenvalue weighted by atomic mass is 14.6. The summed E-state index contributed by atoms with van der Waals surface area (Å²) in [4.78, 5) is 0. The highest BCUT2D eigenvalue weighted by Gasteiger charge is 2.13. The molecule has 0 radical (unpaired) electrons. The summed E-state index contributed by atoms with van der Waals surface area (Å²) >= 11 is 0. The lowest BCUT2D eigenvalue weighted by Gasteiger charge is -2.17. The highest BCUT2D eigenvalue weighted by molar-refractivity contribution is 5.92. The van der Waals surface area contributed by atoms with Gasteiger partial charge in [0.15, 0.2) is 0 Å². The molecule has 2 N–H and O–H groups in total. The molecule has 0 aromatic heterocycles. The highest BCUT2D eigenvalue weighted by Crippen LogP contribution is 2.37. The van der Waals surface area contributed by atoms with Crippen LogP contribution in [0.15, 0.2) is 79.9 Å². The average molecular weight is 325 g/mol. The summed E-state index contributed by atoms with van der Waals surface area (Å²) in [6, 6.07) is 23.1. The zero-order valence-electron chi connectivity index (χ0n) is 14.8. The Hall–Kier alpha value is -3.06. The summed E-state index contributed by atoms with van der Waals surface area (Å²) < 4.78 is 0. The van der Waals surface area contributed by atoms with E-state index < -0.39 is 0 Å². The van der Waals surface area contributed by atoms with E-state index in [0.717, 1.165) is 39.1 Å². The number of benzene rings is 3. The second kappa shape index (κ2) is 6.82. The molecule has 0 saturated heterocycles. The Labute approximate surface area is 150 Å².